The molecule has 5 rings (SSSR count). The zero-order valence-corrected chi connectivity index (χ0v) is 17.3. The Morgan fingerprint density at radius 1 is 0.871 bits per heavy atom. The molecule has 2 heterocycles. The summed E-state index contributed by atoms with van der Waals surface area (Å²) in [4.78, 5) is 6.43. The first kappa shape index (κ1) is 19.9. The minimum absolute atomic E-state index is 0.596. The van der Waals surface area contributed by atoms with E-state index in [9.17, 15) is 13.2 Å². The topological polar surface area (TPSA) is 29.8 Å². The van der Waals surface area contributed by atoms with Gasteiger partial charge in [0.25, 0.3) is 0 Å². The number of aromatic nitrogens is 1. The van der Waals surface area contributed by atoms with Crippen LogP contribution in [-0.4, -0.2) is 11.2 Å². The monoisotopic (exact) mass is 457 g/mol. The molecule has 0 amide bonds. The summed E-state index contributed by atoms with van der Waals surface area (Å²) in [7, 11) is 0. The van der Waals surface area contributed by atoms with Crippen molar-refractivity contribution in [1.29, 1.82) is 0 Å². The number of aromatic amines is 1. The number of allylic oxidation sites excluding steroid dienone is 1. The van der Waals surface area contributed by atoms with E-state index in [0.717, 1.165) is 51.0 Å². The highest BCUT2D eigenvalue weighted by Crippen LogP contribution is 2.39. The number of alkyl halides is 3. The second-order valence-electron chi connectivity index (χ2n) is 7.23. The lowest BCUT2D eigenvalue weighted by Crippen LogP contribution is -2.58. The number of fused-ring (bicyclic) bond motifs is 2. The van der Waals surface area contributed by atoms with Gasteiger partial charge in [-0.25, -0.2) is 4.99 Å². The molecule has 1 aliphatic heterocycles. The quantitative estimate of drug-likeness (QED) is 0.356. The van der Waals surface area contributed by atoms with Crippen LogP contribution in [0.2, 0.25) is 10.0 Å². The van der Waals surface area contributed by atoms with E-state index in [0.29, 0.717) is 15.6 Å². The van der Waals surface area contributed by atoms with Gasteiger partial charge in [-0.15, -0.1) is 0 Å². The van der Waals surface area contributed by atoms with Gasteiger partial charge in [0.1, 0.15) is 0 Å². The highest BCUT2D eigenvalue weighted by Gasteiger charge is 2.31. The molecule has 0 saturated heterocycles. The van der Waals surface area contributed by atoms with Crippen LogP contribution >= 0.6 is 23.2 Å². The lowest BCUT2D eigenvalue weighted by atomic mass is 9.89. The van der Waals surface area contributed by atoms with Crippen molar-refractivity contribution in [2.24, 2.45) is 0 Å². The van der Waals surface area contributed by atoms with Crippen molar-refractivity contribution in [3.8, 4) is 0 Å². The summed E-state index contributed by atoms with van der Waals surface area (Å²) < 4.78 is 39.4. The van der Waals surface area contributed by atoms with E-state index in [1.54, 1.807) is 12.1 Å². The Balaban J connectivity index is 1.78. The van der Waals surface area contributed by atoms with E-state index in [-0.39, 0.29) is 0 Å². The molecule has 0 spiro atoms. The Morgan fingerprint density at radius 3 is 2.32 bits per heavy atom. The van der Waals surface area contributed by atoms with Crippen LogP contribution in [0.25, 0.3) is 22.0 Å². The molecule has 3 aromatic carbocycles. The Kier molecular flexibility index (Phi) is 4.68. The molecule has 31 heavy (non-hydrogen) atoms. The van der Waals surface area contributed by atoms with Gasteiger partial charge in [-0.2, -0.15) is 13.2 Å². The fourth-order valence-corrected chi connectivity index (χ4v) is 4.24. The maximum atomic E-state index is 13.1. The van der Waals surface area contributed by atoms with E-state index in [2.05, 4.69) is 9.98 Å². The van der Waals surface area contributed by atoms with Crippen LogP contribution < -0.4 is 4.99 Å². The van der Waals surface area contributed by atoms with Crippen LogP contribution in [0.4, 0.5) is 18.9 Å². The molecule has 154 valence electrons. The van der Waals surface area contributed by atoms with Crippen molar-refractivity contribution in [3.05, 3.63) is 99.2 Å². The molecule has 4 aromatic rings. The summed E-state index contributed by atoms with van der Waals surface area (Å²) in [5, 5.41) is 2.11. The Bertz CT molecular complexity index is 1380. The summed E-state index contributed by atoms with van der Waals surface area (Å²) in [6, 6.07) is 16.2. The molecule has 0 atom stereocenters. The number of hydrogen-bond donors (Lipinski definition) is 2. The average Bonchev–Trinajstić information content (AvgIpc) is 3.32. The zero-order chi connectivity index (χ0) is 21.8. The molecule has 2 nitrogen and oxygen atoms in total. The van der Waals surface area contributed by atoms with E-state index < -0.39 is 11.7 Å². The average molecular weight is 458 g/mol. The van der Waals surface area contributed by atoms with Crippen molar-refractivity contribution in [2.45, 2.75) is 6.18 Å². The van der Waals surface area contributed by atoms with Gasteiger partial charge < -0.3 is 4.98 Å². The van der Waals surface area contributed by atoms with E-state index in [4.69, 9.17) is 23.2 Å². The van der Waals surface area contributed by atoms with Crippen LogP contribution in [0, 0.1) is 0 Å². The Labute approximate surface area is 185 Å². The lowest BCUT2D eigenvalue weighted by Gasteiger charge is -2.12. The number of benzene rings is 3. The second-order valence-corrected chi connectivity index (χ2v) is 8.11. The molecule has 1 aromatic heterocycles. The van der Waals surface area contributed by atoms with Crippen LogP contribution in [0.5, 0.6) is 0 Å². The van der Waals surface area contributed by atoms with E-state index in [1.165, 1.54) is 12.1 Å². The Hall–Kier alpha value is -3.02. The first-order chi connectivity index (χ1) is 14.8. The van der Waals surface area contributed by atoms with Crippen molar-refractivity contribution in [3.63, 3.8) is 0 Å². The van der Waals surface area contributed by atoms with Crippen LogP contribution in [-0.2, 0) is 6.18 Å². The molecule has 7 heteroatoms. The molecule has 0 unspecified atom stereocenters. The summed E-state index contributed by atoms with van der Waals surface area (Å²) in [6.45, 7) is 0. The number of nitrogens with one attached hydrogen (secondary N) is 2. The molecule has 0 radical (unpaired) electrons. The largest absolute Gasteiger partial charge is 0.416 e. The van der Waals surface area contributed by atoms with Gasteiger partial charge in [0, 0.05) is 44.3 Å². The van der Waals surface area contributed by atoms with Gasteiger partial charge in [0.15, 0.2) is 6.21 Å². The minimum Gasteiger partial charge on any atom is -0.360 e. The predicted molar refractivity (Wildman–Crippen MR) is 119 cm³/mol. The number of H-pyrrole nitrogens is 1. The summed E-state index contributed by atoms with van der Waals surface area (Å²) in [6.07, 6.45) is -0.695. The first-order valence-corrected chi connectivity index (χ1v) is 10.2. The van der Waals surface area contributed by atoms with E-state index in [1.807, 2.05) is 36.7 Å². The molecule has 0 aliphatic carbocycles. The summed E-state index contributed by atoms with van der Waals surface area (Å²) in [5.74, 6) is 0. The third kappa shape index (κ3) is 3.54. The summed E-state index contributed by atoms with van der Waals surface area (Å²) >= 11 is 12.3. The van der Waals surface area contributed by atoms with Gasteiger partial charge in [-0.05, 0) is 42.0 Å². The molecular weight excluding hydrogens is 444 g/mol. The molecule has 0 bridgehead atoms. The number of rotatable bonds is 2. The minimum atomic E-state index is -4.40. The van der Waals surface area contributed by atoms with Crippen molar-refractivity contribution in [2.75, 3.05) is 0 Å². The third-order valence-electron chi connectivity index (χ3n) is 5.33. The SMILES string of the molecule is FC(F)(F)c1ccc(C(=C2C=[NH+]c3cc(Cl)ccc32)c2c[nH]c3cc(Cl)ccc23)cc1. The second kappa shape index (κ2) is 7.29. The van der Waals surface area contributed by atoms with Crippen LogP contribution in [0.3, 0.4) is 0 Å². The highest BCUT2D eigenvalue weighted by atomic mass is 35.5. The van der Waals surface area contributed by atoms with E-state index >= 15 is 0 Å². The third-order valence-corrected chi connectivity index (χ3v) is 5.80. The summed E-state index contributed by atoms with van der Waals surface area (Å²) in [5.41, 5.74) is 5.11. The Morgan fingerprint density at radius 2 is 1.58 bits per heavy atom. The van der Waals surface area contributed by atoms with Crippen LogP contribution in [0.1, 0.15) is 22.3 Å². The van der Waals surface area contributed by atoms with Crippen molar-refractivity contribution < 1.29 is 18.2 Å². The predicted octanol–water partition coefficient (Wildman–Crippen LogP) is 6.25. The number of halogens is 5. The van der Waals surface area contributed by atoms with Gasteiger partial charge in [0.2, 0.25) is 5.69 Å². The molecule has 0 saturated carbocycles. The maximum Gasteiger partial charge on any atom is 0.416 e. The van der Waals surface area contributed by atoms with Gasteiger partial charge in [0.05, 0.1) is 16.7 Å². The fourth-order valence-electron chi connectivity index (χ4n) is 3.89. The van der Waals surface area contributed by atoms with Crippen molar-refractivity contribution >= 4 is 57.2 Å². The van der Waals surface area contributed by atoms with Crippen molar-refractivity contribution in [1.82, 2.24) is 4.98 Å². The zero-order valence-electron chi connectivity index (χ0n) is 15.8. The molecular formula is C24H14Cl2F3N2+. The molecule has 1 aliphatic rings. The van der Waals surface area contributed by atoms with Crippen LogP contribution in [0.15, 0.2) is 66.9 Å². The molecule has 2 N–H and O–H groups in total. The lowest BCUT2D eigenvalue weighted by molar-refractivity contribution is -0.342. The maximum absolute atomic E-state index is 13.1. The number of hydrogen-bond acceptors (Lipinski definition) is 0. The standard InChI is InChI=1S/C24H13Cl2F3N2/c25-15-5-7-17-19(11-30-21(17)9-15)23(13-1-3-14(4-2-13)24(27,28)29)20-12-31-22-10-16(26)6-8-18(20)22/h1-12,30H/p+1. The van der Waals surface area contributed by atoms with Gasteiger partial charge in [-0.3, -0.25) is 0 Å². The fraction of sp³-hybridized carbons (Fsp3) is 0.0417. The first-order valence-electron chi connectivity index (χ1n) is 9.40. The molecule has 0 fully saturated rings. The smallest absolute Gasteiger partial charge is 0.360 e. The highest BCUT2D eigenvalue weighted by molar-refractivity contribution is 6.32. The van der Waals surface area contributed by atoms with Gasteiger partial charge in [-0.1, -0.05) is 41.4 Å². The van der Waals surface area contributed by atoms with Gasteiger partial charge >= 0.3 is 6.18 Å². The normalized spacial score (nSPS) is 14.9.